The Morgan fingerprint density at radius 3 is 2.43 bits per heavy atom. The quantitative estimate of drug-likeness (QED) is 0.459. The molecular weight excluding hydrogens is 206 g/mol. The van der Waals surface area contributed by atoms with E-state index < -0.39 is 11.2 Å². The van der Waals surface area contributed by atoms with E-state index in [9.17, 15) is 9.59 Å². The standard InChI is InChI=1S/C9H8ClNO3/c1-14-9(13)6-4-2-3-5(7(6)11)8(10)12/h2-4H,11H2,1H3. The molecule has 0 heterocycles. The minimum absolute atomic E-state index is 0.0411. The van der Waals surface area contributed by atoms with E-state index >= 15 is 0 Å². The van der Waals surface area contributed by atoms with Gasteiger partial charge in [0.05, 0.1) is 23.9 Å². The number of ether oxygens (including phenoxy) is 1. The molecule has 0 amide bonds. The number of hydrogen-bond donors (Lipinski definition) is 1. The fraction of sp³-hybridized carbons (Fsp3) is 0.111. The van der Waals surface area contributed by atoms with E-state index in [0.717, 1.165) is 0 Å². The number of rotatable bonds is 2. The monoisotopic (exact) mass is 213 g/mol. The van der Waals surface area contributed by atoms with E-state index in [1.807, 2.05) is 0 Å². The fourth-order valence-corrected chi connectivity index (χ4v) is 1.19. The zero-order chi connectivity index (χ0) is 10.7. The Morgan fingerprint density at radius 1 is 1.36 bits per heavy atom. The van der Waals surface area contributed by atoms with E-state index in [0.29, 0.717) is 0 Å². The van der Waals surface area contributed by atoms with Crippen LogP contribution in [0.1, 0.15) is 20.7 Å². The third-order valence-corrected chi connectivity index (χ3v) is 1.93. The zero-order valence-corrected chi connectivity index (χ0v) is 8.17. The molecule has 0 aliphatic rings. The van der Waals surface area contributed by atoms with Crippen molar-refractivity contribution in [2.75, 3.05) is 12.8 Å². The summed E-state index contributed by atoms with van der Waals surface area (Å²) in [5.74, 6) is -0.595. The number of benzene rings is 1. The maximum atomic E-state index is 11.2. The topological polar surface area (TPSA) is 69.4 Å². The molecule has 0 spiro atoms. The molecule has 1 rings (SSSR count). The van der Waals surface area contributed by atoms with Gasteiger partial charge in [0.25, 0.3) is 5.24 Å². The van der Waals surface area contributed by atoms with Crippen LogP contribution in [0.15, 0.2) is 18.2 Å². The van der Waals surface area contributed by atoms with Gasteiger partial charge < -0.3 is 10.5 Å². The first-order valence-electron chi connectivity index (χ1n) is 3.74. The van der Waals surface area contributed by atoms with Crippen LogP contribution in [0, 0.1) is 0 Å². The average molecular weight is 214 g/mol. The van der Waals surface area contributed by atoms with Crippen molar-refractivity contribution in [3.63, 3.8) is 0 Å². The molecule has 0 atom stereocenters. The Bertz CT molecular complexity index is 390. The Labute approximate surface area is 85.6 Å². The van der Waals surface area contributed by atoms with Gasteiger partial charge in [-0.25, -0.2) is 4.79 Å². The van der Waals surface area contributed by atoms with Gasteiger partial charge in [-0.15, -0.1) is 0 Å². The average Bonchev–Trinajstić information content (AvgIpc) is 2.16. The molecule has 0 bridgehead atoms. The number of carbonyl (C=O) groups is 2. The van der Waals surface area contributed by atoms with Gasteiger partial charge in [0.15, 0.2) is 0 Å². The molecule has 0 unspecified atom stereocenters. The van der Waals surface area contributed by atoms with Crippen LogP contribution >= 0.6 is 11.6 Å². The van der Waals surface area contributed by atoms with Crippen LogP contribution in [0.2, 0.25) is 0 Å². The summed E-state index contributed by atoms with van der Waals surface area (Å²) in [6.07, 6.45) is 0. The van der Waals surface area contributed by atoms with Gasteiger partial charge in [0, 0.05) is 0 Å². The van der Waals surface area contributed by atoms with Gasteiger partial charge in [-0.2, -0.15) is 0 Å². The Kier molecular flexibility index (Phi) is 3.09. The highest BCUT2D eigenvalue weighted by molar-refractivity contribution is 6.68. The molecule has 0 aliphatic heterocycles. The van der Waals surface area contributed by atoms with Crippen LogP contribution in [0.3, 0.4) is 0 Å². The number of nitrogens with two attached hydrogens (primary N) is 1. The summed E-state index contributed by atoms with van der Waals surface area (Å²) in [6.45, 7) is 0. The van der Waals surface area contributed by atoms with Crippen LogP contribution in [0.5, 0.6) is 0 Å². The van der Waals surface area contributed by atoms with Crippen molar-refractivity contribution in [2.24, 2.45) is 0 Å². The third kappa shape index (κ3) is 1.85. The van der Waals surface area contributed by atoms with Gasteiger partial charge in [-0.1, -0.05) is 6.07 Å². The molecule has 14 heavy (non-hydrogen) atoms. The van der Waals surface area contributed by atoms with E-state index in [1.54, 1.807) is 0 Å². The van der Waals surface area contributed by atoms with Crippen molar-refractivity contribution in [3.05, 3.63) is 29.3 Å². The smallest absolute Gasteiger partial charge is 0.339 e. The van der Waals surface area contributed by atoms with Crippen LogP contribution in [0.25, 0.3) is 0 Å². The van der Waals surface area contributed by atoms with Crippen molar-refractivity contribution < 1.29 is 14.3 Å². The predicted molar refractivity (Wildman–Crippen MR) is 52.4 cm³/mol. The number of carbonyl (C=O) groups excluding carboxylic acids is 2. The molecule has 5 heteroatoms. The molecular formula is C9H8ClNO3. The first kappa shape index (κ1) is 10.5. The van der Waals surface area contributed by atoms with Crippen LogP contribution in [-0.2, 0) is 4.74 Å². The summed E-state index contributed by atoms with van der Waals surface area (Å²) in [5.41, 5.74) is 5.84. The second-order valence-corrected chi connectivity index (χ2v) is 2.88. The Morgan fingerprint density at radius 2 is 1.93 bits per heavy atom. The second kappa shape index (κ2) is 4.11. The molecule has 1 aromatic rings. The second-order valence-electron chi connectivity index (χ2n) is 2.53. The third-order valence-electron chi connectivity index (χ3n) is 1.72. The molecule has 0 aliphatic carbocycles. The Hall–Kier alpha value is -1.55. The van der Waals surface area contributed by atoms with Gasteiger partial charge >= 0.3 is 5.97 Å². The van der Waals surface area contributed by atoms with Crippen LogP contribution in [-0.4, -0.2) is 18.3 Å². The van der Waals surface area contributed by atoms with E-state index in [1.165, 1.54) is 25.3 Å². The number of methoxy groups -OCH3 is 1. The van der Waals surface area contributed by atoms with Crippen LogP contribution in [0.4, 0.5) is 5.69 Å². The minimum atomic E-state index is -0.701. The Balaban J connectivity index is 3.27. The molecule has 4 nitrogen and oxygen atoms in total. The molecule has 0 saturated heterocycles. The molecule has 1 aromatic carbocycles. The lowest BCUT2D eigenvalue weighted by atomic mass is 10.1. The number of halogens is 1. The summed E-state index contributed by atoms with van der Waals surface area (Å²) in [5, 5.41) is -0.701. The summed E-state index contributed by atoms with van der Waals surface area (Å²) in [7, 11) is 1.23. The number of nitrogen functional groups attached to an aromatic ring is 1. The first-order chi connectivity index (χ1) is 6.57. The highest BCUT2D eigenvalue weighted by atomic mass is 35.5. The van der Waals surface area contributed by atoms with Gasteiger partial charge in [0.1, 0.15) is 0 Å². The summed E-state index contributed by atoms with van der Waals surface area (Å²) in [6, 6.07) is 4.42. The van der Waals surface area contributed by atoms with Crippen molar-refractivity contribution in [1.29, 1.82) is 0 Å². The largest absolute Gasteiger partial charge is 0.465 e. The van der Waals surface area contributed by atoms with Crippen LogP contribution < -0.4 is 5.73 Å². The predicted octanol–water partition coefficient (Wildman–Crippen LogP) is 1.43. The molecule has 0 saturated carbocycles. The lowest BCUT2D eigenvalue weighted by Gasteiger charge is -2.05. The summed E-state index contributed by atoms with van der Waals surface area (Å²) >= 11 is 5.26. The van der Waals surface area contributed by atoms with Crippen molar-refractivity contribution in [2.45, 2.75) is 0 Å². The SMILES string of the molecule is COC(=O)c1cccc(C(=O)Cl)c1N. The molecule has 0 radical (unpaired) electrons. The first-order valence-corrected chi connectivity index (χ1v) is 4.12. The maximum Gasteiger partial charge on any atom is 0.339 e. The van der Waals surface area contributed by atoms with Crippen molar-refractivity contribution in [3.8, 4) is 0 Å². The highest BCUT2D eigenvalue weighted by Crippen LogP contribution is 2.19. The lowest BCUT2D eigenvalue weighted by Crippen LogP contribution is -2.08. The van der Waals surface area contributed by atoms with Gasteiger partial charge in [0.2, 0.25) is 0 Å². The van der Waals surface area contributed by atoms with Crippen molar-refractivity contribution >= 4 is 28.5 Å². The van der Waals surface area contributed by atoms with Gasteiger partial charge in [-0.3, -0.25) is 4.79 Å². The van der Waals surface area contributed by atoms with E-state index in [4.69, 9.17) is 17.3 Å². The molecule has 74 valence electrons. The highest BCUT2D eigenvalue weighted by Gasteiger charge is 2.15. The zero-order valence-electron chi connectivity index (χ0n) is 7.41. The van der Waals surface area contributed by atoms with E-state index in [2.05, 4.69) is 4.74 Å². The molecule has 0 fully saturated rings. The number of para-hydroxylation sites is 1. The maximum absolute atomic E-state index is 11.2. The van der Waals surface area contributed by atoms with E-state index in [-0.39, 0.29) is 16.8 Å². The lowest BCUT2D eigenvalue weighted by molar-refractivity contribution is 0.0602. The summed E-state index contributed by atoms with van der Waals surface area (Å²) < 4.78 is 4.48. The number of esters is 1. The molecule has 2 N–H and O–H groups in total. The summed E-state index contributed by atoms with van der Waals surface area (Å²) in [4.78, 5) is 22.0. The molecule has 0 aromatic heterocycles. The fourth-order valence-electron chi connectivity index (χ4n) is 1.02. The minimum Gasteiger partial charge on any atom is -0.465 e. The number of anilines is 1. The number of hydrogen-bond acceptors (Lipinski definition) is 4. The normalized spacial score (nSPS) is 9.57. The van der Waals surface area contributed by atoms with Crippen molar-refractivity contribution in [1.82, 2.24) is 0 Å². The van der Waals surface area contributed by atoms with Gasteiger partial charge in [-0.05, 0) is 23.7 Å².